The molecule has 0 aliphatic carbocycles. The van der Waals surface area contributed by atoms with Gasteiger partial charge in [-0.05, 0) is 31.0 Å². The van der Waals surface area contributed by atoms with Crippen LogP contribution in [0.5, 0.6) is 5.75 Å². The number of nitrogen functional groups attached to an aromatic ring is 1. The minimum Gasteiger partial charge on any atom is -0.497 e. The number of methoxy groups -OCH3 is 1. The van der Waals surface area contributed by atoms with Crippen LogP contribution < -0.4 is 15.8 Å². The van der Waals surface area contributed by atoms with Gasteiger partial charge in [-0.25, -0.2) is 9.97 Å². The van der Waals surface area contributed by atoms with Crippen molar-refractivity contribution >= 4 is 11.6 Å². The van der Waals surface area contributed by atoms with Crippen LogP contribution in [0.4, 0.5) is 11.6 Å². The fourth-order valence-corrected chi connectivity index (χ4v) is 2.23. The van der Waals surface area contributed by atoms with Crippen molar-refractivity contribution in [2.75, 3.05) is 18.2 Å². The predicted molar refractivity (Wildman–Crippen MR) is 85.5 cm³/mol. The molecule has 2 rings (SSSR count). The third kappa shape index (κ3) is 3.62. The van der Waals surface area contributed by atoms with Crippen LogP contribution in [0, 0.1) is 0 Å². The smallest absolute Gasteiger partial charge is 0.135 e. The van der Waals surface area contributed by atoms with E-state index in [1.54, 1.807) is 7.11 Å². The number of nitrogens with one attached hydrogen (secondary N) is 1. The number of rotatable bonds is 6. The maximum absolute atomic E-state index is 5.95. The first-order valence-corrected chi connectivity index (χ1v) is 7.15. The summed E-state index contributed by atoms with van der Waals surface area (Å²) in [5, 5.41) is 3.42. The Morgan fingerprint density at radius 2 is 1.95 bits per heavy atom. The minimum atomic E-state index is 0.126. The summed E-state index contributed by atoms with van der Waals surface area (Å²) in [6, 6.07) is 8.12. The lowest BCUT2D eigenvalue weighted by atomic mass is 10.1. The molecule has 1 unspecified atom stereocenters. The highest BCUT2D eigenvalue weighted by molar-refractivity contribution is 5.56. The molecule has 1 heterocycles. The van der Waals surface area contributed by atoms with Crippen LogP contribution in [0.15, 0.2) is 30.6 Å². The Bertz CT molecular complexity index is 583. The first-order valence-electron chi connectivity index (χ1n) is 7.15. The molecule has 1 atom stereocenters. The Balaban J connectivity index is 2.18. The van der Waals surface area contributed by atoms with E-state index in [1.807, 2.05) is 24.3 Å². The van der Waals surface area contributed by atoms with Crippen molar-refractivity contribution in [2.45, 2.75) is 32.7 Å². The molecule has 3 N–H and O–H groups in total. The van der Waals surface area contributed by atoms with Crippen molar-refractivity contribution in [3.63, 3.8) is 0 Å². The zero-order chi connectivity index (χ0) is 15.2. The Hall–Kier alpha value is -2.30. The molecule has 0 amide bonds. The van der Waals surface area contributed by atoms with Crippen LogP contribution in [0.2, 0.25) is 0 Å². The third-order valence-corrected chi connectivity index (χ3v) is 3.45. The van der Waals surface area contributed by atoms with E-state index < -0.39 is 0 Å². The van der Waals surface area contributed by atoms with E-state index in [0.717, 1.165) is 35.5 Å². The SMILES string of the molecule is CCCc1c(N)ncnc1NC(C)c1ccc(OC)cc1. The van der Waals surface area contributed by atoms with Crippen LogP contribution in [-0.4, -0.2) is 17.1 Å². The predicted octanol–water partition coefficient (Wildman–Crippen LogP) is 3.19. The Labute approximate surface area is 125 Å². The van der Waals surface area contributed by atoms with E-state index in [9.17, 15) is 0 Å². The highest BCUT2D eigenvalue weighted by atomic mass is 16.5. The molecule has 0 saturated heterocycles. The normalized spacial score (nSPS) is 12.0. The van der Waals surface area contributed by atoms with Crippen molar-refractivity contribution in [1.29, 1.82) is 0 Å². The maximum atomic E-state index is 5.95. The summed E-state index contributed by atoms with van der Waals surface area (Å²) in [5.41, 5.74) is 8.10. The van der Waals surface area contributed by atoms with Crippen LogP contribution >= 0.6 is 0 Å². The van der Waals surface area contributed by atoms with Crippen LogP contribution in [0.3, 0.4) is 0 Å². The van der Waals surface area contributed by atoms with E-state index in [2.05, 4.69) is 29.1 Å². The van der Waals surface area contributed by atoms with E-state index in [4.69, 9.17) is 10.5 Å². The highest BCUT2D eigenvalue weighted by Gasteiger charge is 2.12. The van der Waals surface area contributed by atoms with Crippen molar-refractivity contribution in [2.24, 2.45) is 0 Å². The van der Waals surface area contributed by atoms with Crippen molar-refractivity contribution in [3.8, 4) is 5.75 Å². The third-order valence-electron chi connectivity index (χ3n) is 3.45. The first kappa shape index (κ1) is 15.1. The van der Waals surface area contributed by atoms with Crippen LogP contribution in [0.25, 0.3) is 0 Å². The Morgan fingerprint density at radius 3 is 2.57 bits per heavy atom. The zero-order valence-corrected chi connectivity index (χ0v) is 12.8. The average molecular weight is 286 g/mol. The zero-order valence-electron chi connectivity index (χ0n) is 12.8. The molecule has 1 aromatic carbocycles. The monoisotopic (exact) mass is 286 g/mol. The molecule has 21 heavy (non-hydrogen) atoms. The molecular weight excluding hydrogens is 264 g/mol. The van der Waals surface area contributed by atoms with Gasteiger partial charge in [0.25, 0.3) is 0 Å². The number of nitrogens with two attached hydrogens (primary N) is 1. The topological polar surface area (TPSA) is 73.1 Å². The van der Waals surface area contributed by atoms with E-state index >= 15 is 0 Å². The van der Waals surface area contributed by atoms with Gasteiger partial charge in [0.2, 0.25) is 0 Å². The molecule has 112 valence electrons. The molecule has 0 radical (unpaired) electrons. The summed E-state index contributed by atoms with van der Waals surface area (Å²) < 4.78 is 5.18. The minimum absolute atomic E-state index is 0.126. The molecule has 5 nitrogen and oxygen atoms in total. The molecule has 5 heteroatoms. The van der Waals surface area contributed by atoms with Crippen molar-refractivity contribution < 1.29 is 4.74 Å². The fourth-order valence-electron chi connectivity index (χ4n) is 2.23. The molecule has 0 aliphatic heterocycles. The summed E-state index contributed by atoms with van der Waals surface area (Å²) in [6.45, 7) is 4.21. The van der Waals surface area contributed by atoms with E-state index in [0.29, 0.717) is 5.82 Å². The molecule has 0 bridgehead atoms. The van der Waals surface area contributed by atoms with Gasteiger partial charge < -0.3 is 15.8 Å². The van der Waals surface area contributed by atoms with Crippen molar-refractivity contribution in [1.82, 2.24) is 9.97 Å². The standard InChI is InChI=1S/C16H22N4O/c1-4-5-14-15(17)18-10-19-16(14)20-11(2)12-6-8-13(21-3)9-7-12/h6-11H,4-5H2,1-3H3,(H3,17,18,19,20). The first-order chi connectivity index (χ1) is 10.2. The quantitative estimate of drug-likeness (QED) is 0.853. The summed E-state index contributed by atoms with van der Waals surface area (Å²) in [4.78, 5) is 8.40. The number of nitrogens with zero attached hydrogens (tertiary/aromatic N) is 2. The number of ether oxygens (including phenoxy) is 1. The Kier molecular flexibility index (Phi) is 4.98. The van der Waals surface area contributed by atoms with Gasteiger partial charge in [0.05, 0.1) is 7.11 Å². The Morgan fingerprint density at radius 1 is 1.24 bits per heavy atom. The lowest BCUT2D eigenvalue weighted by molar-refractivity contribution is 0.414. The maximum Gasteiger partial charge on any atom is 0.135 e. The van der Waals surface area contributed by atoms with Gasteiger partial charge >= 0.3 is 0 Å². The van der Waals surface area contributed by atoms with E-state index in [1.165, 1.54) is 6.33 Å². The number of aromatic nitrogens is 2. The van der Waals surface area contributed by atoms with Crippen LogP contribution in [0.1, 0.15) is 37.4 Å². The number of hydrogen-bond acceptors (Lipinski definition) is 5. The van der Waals surface area contributed by atoms with Gasteiger partial charge in [-0.15, -0.1) is 0 Å². The van der Waals surface area contributed by atoms with Gasteiger partial charge in [0, 0.05) is 11.6 Å². The summed E-state index contributed by atoms with van der Waals surface area (Å²) in [5.74, 6) is 2.22. The lowest BCUT2D eigenvalue weighted by Crippen LogP contribution is -2.12. The molecule has 2 aromatic rings. The van der Waals surface area contributed by atoms with Gasteiger partial charge in [-0.3, -0.25) is 0 Å². The summed E-state index contributed by atoms with van der Waals surface area (Å²) in [6.07, 6.45) is 3.37. The number of anilines is 2. The molecule has 1 aromatic heterocycles. The van der Waals surface area contributed by atoms with Gasteiger partial charge in [0.1, 0.15) is 23.7 Å². The van der Waals surface area contributed by atoms with Gasteiger partial charge in [0.15, 0.2) is 0 Å². The van der Waals surface area contributed by atoms with E-state index in [-0.39, 0.29) is 6.04 Å². The van der Waals surface area contributed by atoms with Gasteiger partial charge in [-0.1, -0.05) is 25.5 Å². The number of benzene rings is 1. The fraction of sp³-hybridized carbons (Fsp3) is 0.375. The molecule has 0 saturated carbocycles. The largest absolute Gasteiger partial charge is 0.497 e. The molecular formula is C16H22N4O. The number of hydrogen-bond donors (Lipinski definition) is 2. The second-order valence-electron chi connectivity index (χ2n) is 4.98. The second-order valence-corrected chi connectivity index (χ2v) is 4.98. The molecule has 0 spiro atoms. The molecule has 0 aliphatic rings. The average Bonchev–Trinajstić information content (AvgIpc) is 2.51. The van der Waals surface area contributed by atoms with Crippen LogP contribution in [-0.2, 0) is 6.42 Å². The van der Waals surface area contributed by atoms with Gasteiger partial charge in [-0.2, -0.15) is 0 Å². The highest BCUT2D eigenvalue weighted by Crippen LogP contribution is 2.25. The second kappa shape index (κ2) is 6.92. The summed E-state index contributed by atoms with van der Waals surface area (Å²) >= 11 is 0. The lowest BCUT2D eigenvalue weighted by Gasteiger charge is -2.18. The van der Waals surface area contributed by atoms with Crippen molar-refractivity contribution in [3.05, 3.63) is 41.7 Å². The molecule has 0 fully saturated rings. The summed E-state index contributed by atoms with van der Waals surface area (Å²) in [7, 11) is 1.66.